The van der Waals surface area contributed by atoms with E-state index in [0.717, 1.165) is 26.2 Å². The average Bonchev–Trinajstić information content (AvgIpc) is 3.32. The minimum absolute atomic E-state index is 0. The molecule has 4 atom stereocenters. The number of carbonyl (C=O) groups excluding carboxylic acids is 1. The van der Waals surface area contributed by atoms with Gasteiger partial charge in [-0.05, 0) is 61.6 Å². The topological polar surface area (TPSA) is 53.5 Å². The van der Waals surface area contributed by atoms with E-state index in [-0.39, 0.29) is 78.6 Å². The van der Waals surface area contributed by atoms with Gasteiger partial charge in [0.2, 0.25) is 11.8 Å². The highest BCUT2D eigenvalue weighted by Gasteiger charge is 2.57. The van der Waals surface area contributed by atoms with Gasteiger partial charge in [-0.15, -0.1) is 0 Å². The summed E-state index contributed by atoms with van der Waals surface area (Å²) in [5.41, 5.74) is 4.36. The van der Waals surface area contributed by atoms with Gasteiger partial charge in [-0.3, -0.25) is 4.79 Å². The maximum Gasteiger partial charge on any atom is 0.248 e. The summed E-state index contributed by atoms with van der Waals surface area (Å²) in [5.74, 6) is -2.76. The van der Waals surface area contributed by atoms with Crippen LogP contribution in [0.15, 0.2) is 42.5 Å². The lowest BCUT2D eigenvalue weighted by molar-refractivity contribution is -0.691. The van der Waals surface area contributed by atoms with Gasteiger partial charge in [0.05, 0.1) is 19.6 Å². The van der Waals surface area contributed by atoms with Crippen molar-refractivity contribution in [1.29, 1.82) is 0 Å². The molecule has 1 amide bonds. The molecule has 0 unspecified atom stereocenters. The maximum atomic E-state index is 14.8. The lowest BCUT2D eigenvalue weighted by Gasteiger charge is -2.47. The Hall–Kier alpha value is -1.80. The summed E-state index contributed by atoms with van der Waals surface area (Å²) in [5, 5.41) is 4.62. The van der Waals surface area contributed by atoms with Crippen LogP contribution in [-0.2, 0) is 16.8 Å². The first-order valence-corrected chi connectivity index (χ1v) is 14.4. The standard InChI is InChI=1S/C31H38F3N3O.2ClH/c1-20-6-7-25-23(14-20)16-35-18-30(25)19-36-17-26(30)29(38)37-13-10-22(24-4-2-3-5-27(24)32)15-28(37)21-8-11-31(33,34)12-9-21;;/h2-7,14,21-22,26,28,35-36H,8-13,15-19H2,1H3;2*1H/t22-,26+,28+,30+;;/m1../s1. The van der Waals surface area contributed by atoms with Crippen molar-refractivity contribution in [3.8, 4) is 0 Å². The highest BCUT2D eigenvalue weighted by atomic mass is 35.5. The average molecular weight is 599 g/mol. The Balaban J connectivity index is 0.00000185. The van der Waals surface area contributed by atoms with Crippen LogP contribution in [0.1, 0.15) is 66.7 Å². The molecule has 0 bridgehead atoms. The number of alkyl halides is 2. The van der Waals surface area contributed by atoms with Crippen molar-refractivity contribution in [1.82, 2.24) is 4.90 Å². The van der Waals surface area contributed by atoms with Crippen molar-refractivity contribution in [3.05, 3.63) is 70.5 Å². The quantitative estimate of drug-likeness (QED) is 0.396. The van der Waals surface area contributed by atoms with Crippen LogP contribution in [0.25, 0.3) is 0 Å². The number of amides is 1. The van der Waals surface area contributed by atoms with Crippen LogP contribution < -0.4 is 35.4 Å². The first kappa shape index (κ1) is 31.1. The first-order valence-electron chi connectivity index (χ1n) is 14.4. The van der Waals surface area contributed by atoms with Crippen LogP contribution in [0.2, 0.25) is 0 Å². The zero-order valence-corrected chi connectivity index (χ0v) is 24.5. The Bertz CT molecular complexity index is 1200. The summed E-state index contributed by atoms with van der Waals surface area (Å²) >= 11 is 0. The van der Waals surface area contributed by atoms with E-state index in [1.165, 1.54) is 22.8 Å². The van der Waals surface area contributed by atoms with Crippen LogP contribution in [0.5, 0.6) is 0 Å². The normalized spacial score (nSPS) is 29.8. The second-order valence-electron chi connectivity index (χ2n) is 12.3. The Labute approximate surface area is 247 Å². The van der Waals surface area contributed by atoms with Crippen molar-refractivity contribution in [2.75, 3.05) is 26.2 Å². The van der Waals surface area contributed by atoms with E-state index in [2.05, 4.69) is 40.7 Å². The number of likely N-dealkylation sites (tertiary alicyclic amines) is 1. The second kappa shape index (κ2) is 12.2. The van der Waals surface area contributed by atoms with Crippen molar-refractivity contribution in [3.63, 3.8) is 0 Å². The fourth-order valence-corrected chi connectivity index (χ4v) is 8.16. The summed E-state index contributed by atoms with van der Waals surface area (Å²) < 4.78 is 43.0. The number of hydrogen-bond acceptors (Lipinski definition) is 1. The molecule has 4 nitrogen and oxygen atoms in total. The molecular weight excluding hydrogens is 558 g/mol. The first-order chi connectivity index (χ1) is 18.3. The number of rotatable bonds is 3. The van der Waals surface area contributed by atoms with Crippen molar-refractivity contribution in [2.24, 2.45) is 11.8 Å². The van der Waals surface area contributed by atoms with Crippen molar-refractivity contribution < 1.29 is 53.4 Å². The summed E-state index contributed by atoms with van der Waals surface area (Å²) in [4.78, 5) is 16.6. The second-order valence-corrected chi connectivity index (χ2v) is 12.3. The molecule has 2 aromatic rings. The van der Waals surface area contributed by atoms with Crippen LogP contribution >= 0.6 is 0 Å². The number of hydrogen-bond donors (Lipinski definition) is 2. The Morgan fingerprint density at radius 3 is 2.48 bits per heavy atom. The van der Waals surface area contributed by atoms with Gasteiger partial charge in [0, 0.05) is 31.0 Å². The number of aryl methyl sites for hydroxylation is 1. The molecule has 6 rings (SSSR count). The molecule has 3 aliphatic heterocycles. The van der Waals surface area contributed by atoms with E-state index in [1.54, 1.807) is 6.07 Å². The Kier molecular flexibility index (Phi) is 9.50. The molecule has 40 heavy (non-hydrogen) atoms. The number of nitrogens with zero attached hydrogens (tertiary/aromatic N) is 1. The molecule has 2 aromatic carbocycles. The highest BCUT2D eigenvalue weighted by Crippen LogP contribution is 2.45. The monoisotopic (exact) mass is 597 g/mol. The summed E-state index contributed by atoms with van der Waals surface area (Å²) in [6.07, 6.45) is 1.95. The number of fused-ring (bicyclic) bond motifs is 2. The summed E-state index contributed by atoms with van der Waals surface area (Å²) in [6.45, 7) is 6.15. The van der Waals surface area contributed by atoms with Crippen molar-refractivity contribution >= 4 is 5.91 Å². The molecular formula is C31H40Cl2F3N3O. The molecule has 220 valence electrons. The van der Waals surface area contributed by atoms with E-state index < -0.39 is 5.92 Å². The highest BCUT2D eigenvalue weighted by molar-refractivity contribution is 5.82. The van der Waals surface area contributed by atoms with Crippen LogP contribution in [-0.4, -0.2) is 49.0 Å². The van der Waals surface area contributed by atoms with E-state index in [1.807, 2.05) is 12.1 Å². The molecule has 9 heteroatoms. The van der Waals surface area contributed by atoms with Gasteiger partial charge in [0.1, 0.15) is 23.7 Å². The number of benzene rings is 2. The lowest BCUT2D eigenvalue weighted by Crippen LogP contribution is -3.00. The predicted octanol–water partition coefficient (Wildman–Crippen LogP) is -2.75. The van der Waals surface area contributed by atoms with Crippen molar-refractivity contribution in [2.45, 2.75) is 75.3 Å². The molecule has 1 spiro atoms. The smallest absolute Gasteiger partial charge is 0.248 e. The lowest BCUT2D eigenvalue weighted by atomic mass is 9.67. The minimum atomic E-state index is -2.62. The molecule has 1 saturated carbocycles. The third kappa shape index (κ3) is 5.64. The molecule has 2 saturated heterocycles. The third-order valence-electron chi connectivity index (χ3n) is 10.1. The van der Waals surface area contributed by atoms with Gasteiger partial charge in [-0.2, -0.15) is 0 Å². The number of piperidine rings is 1. The van der Waals surface area contributed by atoms with Gasteiger partial charge in [-0.25, -0.2) is 13.2 Å². The molecule has 4 aliphatic rings. The molecule has 3 heterocycles. The van der Waals surface area contributed by atoms with Gasteiger partial charge in [0.25, 0.3) is 0 Å². The number of nitrogens with two attached hydrogens (primary N) is 2. The largest absolute Gasteiger partial charge is 1.00 e. The van der Waals surface area contributed by atoms with Gasteiger partial charge in [-0.1, -0.05) is 42.0 Å². The number of quaternary nitrogens is 2. The van der Waals surface area contributed by atoms with E-state index >= 15 is 0 Å². The fourth-order valence-electron chi connectivity index (χ4n) is 8.16. The van der Waals surface area contributed by atoms with E-state index in [0.29, 0.717) is 37.8 Å². The SMILES string of the molecule is Cc1ccc2c(c1)C[NH2+]C[C@]21C[NH2+]C[C@H]1C(=O)N1CC[C@@H](c2ccccc2F)C[C@H]1C1CCC(F)(F)CC1.[Cl-].[Cl-]. The zero-order valence-electron chi connectivity index (χ0n) is 23.0. The fraction of sp³-hybridized carbons (Fsp3) is 0.581. The third-order valence-corrected chi connectivity index (χ3v) is 10.1. The van der Waals surface area contributed by atoms with Gasteiger partial charge in [0.15, 0.2) is 0 Å². The number of halogens is 5. The predicted molar refractivity (Wildman–Crippen MR) is 139 cm³/mol. The van der Waals surface area contributed by atoms with Crippen LogP contribution in [0.4, 0.5) is 13.2 Å². The molecule has 0 aromatic heterocycles. The molecule has 0 radical (unpaired) electrons. The van der Waals surface area contributed by atoms with Crippen LogP contribution in [0, 0.1) is 24.6 Å². The molecule has 4 N–H and O–H groups in total. The Morgan fingerprint density at radius 1 is 1.00 bits per heavy atom. The zero-order chi connectivity index (χ0) is 26.5. The molecule has 1 aliphatic carbocycles. The number of carbonyl (C=O) groups is 1. The maximum absolute atomic E-state index is 14.8. The summed E-state index contributed by atoms with van der Waals surface area (Å²) in [6, 6.07) is 13.5. The minimum Gasteiger partial charge on any atom is -1.00 e. The Morgan fingerprint density at radius 2 is 1.73 bits per heavy atom. The van der Waals surface area contributed by atoms with Crippen LogP contribution in [0.3, 0.4) is 0 Å². The summed E-state index contributed by atoms with van der Waals surface area (Å²) in [7, 11) is 0. The van der Waals surface area contributed by atoms with E-state index in [9.17, 15) is 18.0 Å². The van der Waals surface area contributed by atoms with Gasteiger partial charge >= 0.3 is 0 Å². The van der Waals surface area contributed by atoms with E-state index in [4.69, 9.17) is 0 Å². The van der Waals surface area contributed by atoms with Gasteiger partial charge < -0.3 is 40.3 Å². The molecule has 3 fully saturated rings.